The summed E-state index contributed by atoms with van der Waals surface area (Å²) in [6, 6.07) is -2.45. The number of hydrogen-bond acceptors (Lipinski definition) is 9. The molecule has 0 bridgehead atoms. The molecular weight excluding hydrogens is 372 g/mol. The number of nitrogens with one attached hydrogen (secondary N) is 1. The third kappa shape index (κ3) is 5.30. The Hall–Kier alpha value is -1.05. The molecule has 0 aromatic carbocycles. The van der Waals surface area contributed by atoms with Crippen molar-refractivity contribution in [3.8, 4) is 0 Å². The van der Waals surface area contributed by atoms with E-state index in [0.29, 0.717) is 18.1 Å². The number of rotatable bonds is 6. The zero-order valence-electron chi connectivity index (χ0n) is 16.3. The predicted molar refractivity (Wildman–Crippen MR) is 98.0 cm³/mol. The van der Waals surface area contributed by atoms with Crippen LogP contribution in [0, 0.1) is 11.8 Å². The molecule has 9 N–H and O–H groups in total. The molecule has 8 atom stereocenters. The number of nitrogens with two attached hydrogens (primary N) is 2. The van der Waals surface area contributed by atoms with Crippen LogP contribution in [-0.2, 0) is 9.47 Å². The zero-order chi connectivity index (χ0) is 21.0. The van der Waals surface area contributed by atoms with Crippen LogP contribution in [0.5, 0.6) is 0 Å². The average Bonchev–Trinajstić information content (AvgIpc) is 2.64. The maximum absolute atomic E-state index is 12.1. The fraction of sp³-hybridized carbons (Fsp3) is 0.941. The van der Waals surface area contributed by atoms with Crippen molar-refractivity contribution in [3.05, 3.63) is 0 Å². The lowest BCUT2D eigenvalue weighted by molar-refractivity contribution is -0.277. The van der Waals surface area contributed by atoms with Crippen molar-refractivity contribution in [2.45, 2.75) is 69.5 Å². The van der Waals surface area contributed by atoms with Gasteiger partial charge in [-0.1, -0.05) is 13.8 Å². The van der Waals surface area contributed by atoms with Crippen molar-refractivity contribution >= 4 is 6.03 Å². The van der Waals surface area contributed by atoms with Crippen LogP contribution in [0.4, 0.5) is 4.79 Å². The minimum Gasteiger partial charge on any atom is -0.389 e. The molecule has 28 heavy (non-hydrogen) atoms. The van der Waals surface area contributed by atoms with E-state index in [1.54, 1.807) is 0 Å². The molecule has 0 aromatic rings. The van der Waals surface area contributed by atoms with Gasteiger partial charge in [0.2, 0.25) is 0 Å². The molecule has 0 radical (unpaired) electrons. The second-order valence-electron chi connectivity index (χ2n) is 7.88. The van der Waals surface area contributed by atoms with Crippen molar-refractivity contribution in [1.82, 2.24) is 10.4 Å². The van der Waals surface area contributed by atoms with E-state index < -0.39 is 48.8 Å². The molecule has 11 nitrogen and oxygen atoms in total. The largest absolute Gasteiger partial charge is 0.389 e. The summed E-state index contributed by atoms with van der Waals surface area (Å²) in [7, 11) is 0. The molecule has 11 heteroatoms. The molecule has 0 spiro atoms. The number of hydrogen-bond donors (Lipinski definition) is 7. The first-order valence-corrected chi connectivity index (χ1v) is 9.71. The van der Waals surface area contributed by atoms with Gasteiger partial charge in [-0.15, -0.1) is 0 Å². The average molecular weight is 406 g/mol. The van der Waals surface area contributed by atoms with Crippen LogP contribution in [0.1, 0.15) is 26.7 Å². The molecule has 0 aromatic heterocycles. The lowest BCUT2D eigenvalue weighted by Crippen LogP contribution is -2.66. The Morgan fingerprint density at radius 1 is 1.29 bits per heavy atom. The van der Waals surface area contributed by atoms with E-state index in [4.69, 9.17) is 20.9 Å². The number of aliphatic hydroxyl groups excluding tert-OH is 3. The number of hydroxylamine groups is 2. The van der Waals surface area contributed by atoms with Gasteiger partial charge in [0.15, 0.2) is 6.29 Å². The Bertz CT molecular complexity index is 512. The summed E-state index contributed by atoms with van der Waals surface area (Å²) in [4.78, 5) is 12.1. The highest BCUT2D eigenvalue weighted by Gasteiger charge is 2.47. The molecule has 2 rings (SSSR count). The lowest BCUT2D eigenvalue weighted by Gasteiger charge is -2.45. The van der Waals surface area contributed by atoms with Crippen molar-refractivity contribution < 1.29 is 34.8 Å². The third-order valence-electron chi connectivity index (χ3n) is 5.53. The highest BCUT2D eigenvalue weighted by molar-refractivity contribution is 5.73. The molecule has 2 amide bonds. The van der Waals surface area contributed by atoms with Crippen molar-refractivity contribution in [2.75, 3.05) is 19.7 Å². The van der Waals surface area contributed by atoms with Gasteiger partial charge in [0.05, 0.1) is 25.3 Å². The topological polar surface area (TPSA) is 184 Å². The van der Waals surface area contributed by atoms with Crippen LogP contribution in [0.15, 0.2) is 0 Å². The van der Waals surface area contributed by atoms with Crippen molar-refractivity contribution in [1.29, 1.82) is 0 Å². The van der Waals surface area contributed by atoms with E-state index in [0.717, 1.165) is 0 Å². The van der Waals surface area contributed by atoms with E-state index in [1.165, 1.54) is 0 Å². The van der Waals surface area contributed by atoms with Gasteiger partial charge in [0.1, 0.15) is 18.3 Å². The molecule has 1 aliphatic carbocycles. The number of carbonyl (C=O) groups excluding carboxylic acids is 1. The normalized spacial score (nSPS) is 39.0. The first-order valence-electron chi connectivity index (χ1n) is 9.71. The lowest BCUT2D eigenvalue weighted by atomic mass is 9.83. The van der Waals surface area contributed by atoms with Crippen LogP contribution in [0.2, 0.25) is 0 Å². The Morgan fingerprint density at radius 3 is 2.57 bits per heavy atom. The van der Waals surface area contributed by atoms with Gasteiger partial charge in [-0.2, -0.15) is 0 Å². The Labute approximate surface area is 164 Å². The van der Waals surface area contributed by atoms with E-state index >= 15 is 0 Å². The summed E-state index contributed by atoms with van der Waals surface area (Å²) in [5, 5.41) is 43.9. The highest BCUT2D eigenvalue weighted by Crippen LogP contribution is 2.31. The fourth-order valence-corrected chi connectivity index (χ4v) is 3.82. The van der Waals surface area contributed by atoms with E-state index in [1.807, 2.05) is 13.8 Å². The maximum atomic E-state index is 12.1. The summed E-state index contributed by atoms with van der Waals surface area (Å²) < 4.78 is 11.4. The molecule has 1 saturated carbocycles. The Balaban J connectivity index is 2.13. The van der Waals surface area contributed by atoms with Gasteiger partial charge in [-0.3, -0.25) is 5.21 Å². The van der Waals surface area contributed by atoms with Gasteiger partial charge in [0, 0.05) is 12.6 Å². The summed E-state index contributed by atoms with van der Waals surface area (Å²) >= 11 is 0. The number of ether oxygens (including phenoxy) is 2. The molecule has 164 valence electrons. The second kappa shape index (κ2) is 10.1. The summed E-state index contributed by atoms with van der Waals surface area (Å²) in [5.74, 6) is 0.159. The standard InChI is InChI=1S/C17H34N4O7/c1-8(2)9-3-6-27-16(12(9)22)28-15-11(7-10(19)13(23)14(15)24)20-17(25)21(26)5-4-18/h8-16,22-24,26H,3-7,18-19H2,1-2H3,(H,20,25). The SMILES string of the molecule is CC(C)C1CCOC(OC2C(NC(=O)N(O)CCN)CC(N)C(O)C2O)C1O. The number of aliphatic hydroxyl groups is 3. The molecule has 1 heterocycles. The molecular formula is C17H34N4O7. The van der Waals surface area contributed by atoms with E-state index in [2.05, 4.69) is 5.32 Å². The number of urea groups is 1. The molecule has 8 unspecified atom stereocenters. The summed E-state index contributed by atoms with van der Waals surface area (Å²) in [6.07, 6.45) is -4.93. The minimum absolute atomic E-state index is 0.0443. The van der Waals surface area contributed by atoms with Gasteiger partial charge < -0.3 is 41.6 Å². The van der Waals surface area contributed by atoms with Gasteiger partial charge in [-0.25, -0.2) is 9.86 Å². The van der Waals surface area contributed by atoms with Crippen molar-refractivity contribution in [3.63, 3.8) is 0 Å². The molecule has 1 saturated heterocycles. The quantitative estimate of drug-likeness (QED) is 0.192. The first kappa shape index (κ1) is 23.2. The number of carbonyl (C=O) groups is 1. The zero-order valence-corrected chi connectivity index (χ0v) is 16.3. The maximum Gasteiger partial charge on any atom is 0.341 e. The Kier molecular flexibility index (Phi) is 8.40. The van der Waals surface area contributed by atoms with Gasteiger partial charge in [-0.05, 0) is 24.7 Å². The smallest absolute Gasteiger partial charge is 0.341 e. The summed E-state index contributed by atoms with van der Waals surface area (Å²) in [6.45, 7) is 4.35. The fourth-order valence-electron chi connectivity index (χ4n) is 3.82. The Morgan fingerprint density at radius 2 is 1.96 bits per heavy atom. The van der Waals surface area contributed by atoms with Crippen LogP contribution >= 0.6 is 0 Å². The van der Waals surface area contributed by atoms with E-state index in [-0.39, 0.29) is 31.3 Å². The molecule has 1 aliphatic heterocycles. The first-order chi connectivity index (χ1) is 13.2. The van der Waals surface area contributed by atoms with Gasteiger partial charge in [0.25, 0.3) is 0 Å². The minimum atomic E-state index is -1.41. The number of amides is 2. The predicted octanol–water partition coefficient (Wildman–Crippen LogP) is -2.07. The van der Waals surface area contributed by atoms with Crippen LogP contribution in [-0.4, -0.2) is 94.1 Å². The van der Waals surface area contributed by atoms with Gasteiger partial charge >= 0.3 is 6.03 Å². The molecule has 2 aliphatic rings. The van der Waals surface area contributed by atoms with Crippen LogP contribution in [0.25, 0.3) is 0 Å². The van der Waals surface area contributed by atoms with E-state index in [9.17, 15) is 25.3 Å². The molecule has 2 fully saturated rings. The van der Waals surface area contributed by atoms with Crippen LogP contribution in [0.3, 0.4) is 0 Å². The second-order valence-corrected chi connectivity index (χ2v) is 7.88. The highest BCUT2D eigenvalue weighted by atomic mass is 16.7. The van der Waals surface area contributed by atoms with Crippen molar-refractivity contribution in [2.24, 2.45) is 23.3 Å². The van der Waals surface area contributed by atoms with Crippen LogP contribution < -0.4 is 16.8 Å². The third-order valence-corrected chi connectivity index (χ3v) is 5.53. The monoisotopic (exact) mass is 406 g/mol. The summed E-state index contributed by atoms with van der Waals surface area (Å²) in [5.41, 5.74) is 11.2. The number of nitrogens with zero attached hydrogens (tertiary/aromatic N) is 1.